The first-order valence-corrected chi connectivity index (χ1v) is 24.5. The molecule has 2 unspecified atom stereocenters. The van der Waals surface area contributed by atoms with Gasteiger partial charge < -0.3 is 9.80 Å². The summed E-state index contributed by atoms with van der Waals surface area (Å²) < 4.78 is 0. The second kappa shape index (κ2) is 15.4. The first-order valence-electron chi connectivity index (χ1n) is 24.5. The van der Waals surface area contributed by atoms with Gasteiger partial charge in [-0.3, -0.25) is 0 Å². The van der Waals surface area contributed by atoms with Crippen molar-refractivity contribution in [3.05, 3.63) is 273 Å². The van der Waals surface area contributed by atoms with Gasteiger partial charge in [-0.25, -0.2) is 0 Å². The molecule has 0 aromatic heterocycles. The highest BCUT2D eigenvalue weighted by Crippen LogP contribution is 2.63. The van der Waals surface area contributed by atoms with Crippen LogP contribution in [0.25, 0.3) is 35.4 Å². The zero-order valence-corrected chi connectivity index (χ0v) is 39.0. The number of hydrogen-bond donors (Lipinski definition) is 0. The molecule has 0 saturated carbocycles. The largest absolute Gasteiger partial charge is 0.341 e. The van der Waals surface area contributed by atoms with E-state index in [4.69, 9.17) is 0 Å². The number of allylic oxidation sites excluding steroid dienone is 3. The molecule has 2 heterocycles. The lowest BCUT2D eigenvalue weighted by Crippen LogP contribution is -2.41. The molecule has 0 radical (unpaired) electrons. The summed E-state index contributed by atoms with van der Waals surface area (Å²) in [5, 5.41) is 0. The maximum atomic E-state index is 2.60. The summed E-state index contributed by atoms with van der Waals surface area (Å²) in [6, 6.07) is 70.7. The molecule has 0 saturated heterocycles. The lowest BCUT2D eigenvalue weighted by atomic mass is 9.59. The Labute approximate surface area is 401 Å². The lowest BCUT2D eigenvalue weighted by molar-refractivity contribution is 0.364. The third-order valence-electron chi connectivity index (χ3n) is 16.2. The number of hydrogen-bond acceptors (Lipinski definition) is 2. The van der Waals surface area contributed by atoms with Crippen molar-refractivity contribution in [2.45, 2.75) is 49.9 Å². The second-order valence-electron chi connectivity index (χ2n) is 20.2. The zero-order chi connectivity index (χ0) is 45.6. The minimum Gasteiger partial charge on any atom is -0.341 e. The van der Waals surface area contributed by atoms with Gasteiger partial charge in [-0.05, 0) is 122 Å². The van der Waals surface area contributed by atoms with Crippen LogP contribution >= 0.6 is 0 Å². The van der Waals surface area contributed by atoms with E-state index in [0.717, 1.165) is 13.0 Å². The number of fused-ring (bicyclic) bond motifs is 9. The Hall–Kier alpha value is -7.68. The smallest absolute Gasteiger partial charge is 0.0534 e. The summed E-state index contributed by atoms with van der Waals surface area (Å²) in [6.07, 6.45) is 19.0. The van der Waals surface area contributed by atoms with Crippen LogP contribution in [0.2, 0.25) is 0 Å². The average molecular weight is 875 g/mol. The fourth-order valence-electron chi connectivity index (χ4n) is 12.9. The van der Waals surface area contributed by atoms with Crippen molar-refractivity contribution in [1.82, 2.24) is 0 Å². The van der Waals surface area contributed by atoms with Crippen LogP contribution in [0.4, 0.5) is 22.7 Å². The van der Waals surface area contributed by atoms with Crippen molar-refractivity contribution in [3.8, 4) is 11.1 Å². The highest BCUT2D eigenvalue weighted by molar-refractivity contribution is 5.91. The van der Waals surface area contributed by atoms with Crippen molar-refractivity contribution in [2.24, 2.45) is 5.92 Å². The van der Waals surface area contributed by atoms with Crippen LogP contribution in [-0.4, -0.2) is 6.54 Å². The van der Waals surface area contributed by atoms with E-state index in [0.29, 0.717) is 0 Å². The van der Waals surface area contributed by atoms with Crippen LogP contribution in [0.1, 0.15) is 88.4 Å². The van der Waals surface area contributed by atoms with Gasteiger partial charge in [0.25, 0.3) is 0 Å². The highest BCUT2D eigenvalue weighted by atomic mass is 15.2. The van der Waals surface area contributed by atoms with E-state index >= 15 is 0 Å². The monoisotopic (exact) mass is 874 g/mol. The SMILES string of the molecule is CC1(C)c2cc(C=Cc3ccc4c(c3)C(c3ccccc3)(c3ccccc3)C3C=C(N5c6ccccc6C=Cc6ccccc65)C=CC43C)ccc2-c2ccc(N3CCCc4ccccc43)cc21. The number of rotatable bonds is 6. The first-order chi connectivity index (χ1) is 33.3. The van der Waals surface area contributed by atoms with Gasteiger partial charge in [-0.15, -0.1) is 0 Å². The van der Waals surface area contributed by atoms with Crippen molar-refractivity contribution >= 4 is 47.1 Å². The molecule has 2 atom stereocenters. The predicted octanol–water partition coefficient (Wildman–Crippen LogP) is 16.2. The lowest BCUT2D eigenvalue weighted by Gasteiger charge is -2.44. The molecule has 328 valence electrons. The van der Waals surface area contributed by atoms with E-state index in [2.05, 4.69) is 261 Å². The molecule has 8 aromatic carbocycles. The van der Waals surface area contributed by atoms with Gasteiger partial charge in [0.1, 0.15) is 0 Å². The number of aryl methyl sites for hydroxylation is 1. The molecule has 8 aromatic rings. The summed E-state index contributed by atoms with van der Waals surface area (Å²) in [5.74, 6) is 0.0651. The van der Waals surface area contributed by atoms with E-state index in [1.54, 1.807) is 0 Å². The van der Waals surface area contributed by atoms with Gasteiger partial charge in [-0.2, -0.15) is 0 Å². The van der Waals surface area contributed by atoms with Crippen LogP contribution in [0.3, 0.4) is 0 Å². The fraction of sp³-hybridized carbons (Fsp3) is 0.152. The molecule has 3 aliphatic carbocycles. The van der Waals surface area contributed by atoms with Crippen LogP contribution in [0.5, 0.6) is 0 Å². The van der Waals surface area contributed by atoms with Gasteiger partial charge in [0.15, 0.2) is 0 Å². The van der Waals surface area contributed by atoms with E-state index in [-0.39, 0.29) is 16.7 Å². The standard InChI is InChI=1S/C66H54N2/c1-64(2)57-41-45(30-35-54(57)55-36-34-52(43-58(55)64)67-40-16-20-47-17-10-13-25-60(47)67)28-29-46-31-37-56-59(42-46)66(50-21-6-4-7-22-50,51-23-8-5-9-24-51)63-44-53(38-39-65(56,63)3)68-61-26-14-11-18-48(61)32-33-49-19-12-15-27-62(49)68/h4-15,17-19,21-39,41-44,63H,16,20,40H2,1-3H3. The molecule has 68 heavy (non-hydrogen) atoms. The molecule has 2 heteroatoms. The Morgan fingerprint density at radius 1 is 0.500 bits per heavy atom. The van der Waals surface area contributed by atoms with Gasteiger partial charge in [0.05, 0.1) is 16.8 Å². The molecule has 0 amide bonds. The van der Waals surface area contributed by atoms with Crippen molar-refractivity contribution in [2.75, 3.05) is 16.3 Å². The van der Waals surface area contributed by atoms with Crippen LogP contribution in [-0.2, 0) is 22.7 Å². The molecule has 0 bridgehead atoms. The molecular weight excluding hydrogens is 821 g/mol. The molecule has 0 spiro atoms. The summed E-state index contributed by atoms with van der Waals surface area (Å²) in [4.78, 5) is 5.02. The summed E-state index contributed by atoms with van der Waals surface area (Å²) in [5.41, 5.74) is 22.5. The van der Waals surface area contributed by atoms with Crippen molar-refractivity contribution < 1.29 is 0 Å². The Bertz CT molecular complexity index is 3350. The summed E-state index contributed by atoms with van der Waals surface area (Å²) >= 11 is 0. The van der Waals surface area contributed by atoms with Crippen molar-refractivity contribution in [3.63, 3.8) is 0 Å². The molecule has 0 fully saturated rings. The van der Waals surface area contributed by atoms with Crippen LogP contribution in [0, 0.1) is 5.92 Å². The minimum absolute atomic E-state index is 0.0651. The summed E-state index contributed by atoms with van der Waals surface area (Å²) in [6.45, 7) is 8.32. The van der Waals surface area contributed by atoms with Crippen LogP contribution in [0.15, 0.2) is 212 Å². The highest BCUT2D eigenvalue weighted by Gasteiger charge is 2.59. The number of benzene rings is 8. The molecule has 2 aliphatic heterocycles. The van der Waals surface area contributed by atoms with Gasteiger partial charge >= 0.3 is 0 Å². The number of para-hydroxylation sites is 3. The predicted molar refractivity (Wildman–Crippen MR) is 286 cm³/mol. The Balaban J connectivity index is 0.908. The summed E-state index contributed by atoms with van der Waals surface area (Å²) in [7, 11) is 0. The Morgan fingerprint density at radius 3 is 1.74 bits per heavy atom. The molecular formula is C66H54N2. The van der Waals surface area contributed by atoms with E-state index in [1.807, 2.05) is 0 Å². The third kappa shape index (κ3) is 6.03. The van der Waals surface area contributed by atoms with Gasteiger partial charge in [0, 0.05) is 40.4 Å². The van der Waals surface area contributed by atoms with E-state index in [1.165, 1.54) is 107 Å². The normalized spacial score (nSPS) is 19.8. The minimum atomic E-state index is -0.478. The Kier molecular flexibility index (Phi) is 9.21. The molecule has 0 N–H and O–H groups in total. The van der Waals surface area contributed by atoms with Crippen molar-refractivity contribution in [1.29, 1.82) is 0 Å². The van der Waals surface area contributed by atoms with Gasteiger partial charge in [0.2, 0.25) is 0 Å². The first kappa shape index (κ1) is 40.6. The zero-order valence-electron chi connectivity index (χ0n) is 39.0. The Morgan fingerprint density at radius 2 is 1.06 bits per heavy atom. The number of anilines is 4. The third-order valence-corrected chi connectivity index (χ3v) is 16.2. The maximum absolute atomic E-state index is 2.60. The van der Waals surface area contributed by atoms with E-state index in [9.17, 15) is 0 Å². The van der Waals surface area contributed by atoms with Crippen LogP contribution < -0.4 is 9.80 Å². The molecule has 2 nitrogen and oxygen atoms in total. The topological polar surface area (TPSA) is 6.48 Å². The quantitative estimate of drug-likeness (QED) is 0.154. The van der Waals surface area contributed by atoms with Gasteiger partial charge in [-0.1, -0.05) is 215 Å². The fourth-order valence-corrected chi connectivity index (χ4v) is 12.9. The number of nitrogens with zero attached hydrogens (tertiary/aromatic N) is 2. The second-order valence-corrected chi connectivity index (χ2v) is 20.2. The average Bonchev–Trinajstić information content (AvgIpc) is 3.66. The van der Waals surface area contributed by atoms with E-state index < -0.39 is 5.41 Å². The maximum Gasteiger partial charge on any atom is 0.0534 e. The molecule has 13 rings (SSSR count). The molecule has 5 aliphatic rings.